The molecule has 0 fully saturated rings. The van der Waals surface area contributed by atoms with Gasteiger partial charge in [0.1, 0.15) is 16.8 Å². The lowest BCUT2D eigenvalue weighted by Crippen LogP contribution is -2.37. The zero-order valence-corrected chi connectivity index (χ0v) is 13.0. The van der Waals surface area contributed by atoms with Gasteiger partial charge in [0.15, 0.2) is 0 Å². The van der Waals surface area contributed by atoms with Crippen LogP contribution in [0.1, 0.15) is 34.0 Å². The Hall–Kier alpha value is -1.50. The van der Waals surface area contributed by atoms with Crippen molar-refractivity contribution in [2.24, 2.45) is 0 Å². The number of thiazole rings is 1. The smallest absolute Gasteiger partial charge is 0.263 e. The van der Waals surface area contributed by atoms with E-state index in [0.717, 1.165) is 0 Å². The van der Waals surface area contributed by atoms with Gasteiger partial charge in [-0.3, -0.25) is 4.79 Å². The molecule has 0 aliphatic carbocycles. The topological polar surface area (TPSA) is 62.2 Å². The number of aromatic nitrogens is 1. The zero-order chi connectivity index (χ0) is 15.6. The maximum absolute atomic E-state index is 13.8. The number of amides is 1. The number of hydrogen-bond acceptors (Lipinski definition) is 4. The number of hydrogen-bond donors (Lipinski definition) is 2. The van der Waals surface area contributed by atoms with Crippen LogP contribution in [0.5, 0.6) is 0 Å². The van der Waals surface area contributed by atoms with Crippen LogP contribution in [0.15, 0.2) is 23.7 Å². The van der Waals surface area contributed by atoms with E-state index in [-0.39, 0.29) is 16.5 Å². The molecule has 2 atom stereocenters. The van der Waals surface area contributed by atoms with E-state index in [1.165, 1.54) is 29.5 Å². The van der Waals surface area contributed by atoms with Gasteiger partial charge in [0.05, 0.1) is 17.2 Å². The Morgan fingerprint density at radius 2 is 2.24 bits per heavy atom. The van der Waals surface area contributed by atoms with Crippen LogP contribution in [0.25, 0.3) is 0 Å². The minimum absolute atomic E-state index is 0.0204. The van der Waals surface area contributed by atoms with Gasteiger partial charge in [0.25, 0.3) is 5.91 Å². The van der Waals surface area contributed by atoms with Crippen LogP contribution in [-0.4, -0.2) is 22.0 Å². The van der Waals surface area contributed by atoms with E-state index in [1.54, 1.807) is 19.4 Å². The van der Waals surface area contributed by atoms with Gasteiger partial charge >= 0.3 is 0 Å². The summed E-state index contributed by atoms with van der Waals surface area (Å²) in [6, 6.07) is 3.46. The van der Waals surface area contributed by atoms with E-state index in [9.17, 15) is 14.3 Å². The first-order valence-corrected chi connectivity index (χ1v) is 7.50. The van der Waals surface area contributed by atoms with Crippen LogP contribution in [0.3, 0.4) is 0 Å². The molecule has 7 heteroatoms. The summed E-state index contributed by atoms with van der Waals surface area (Å²) in [6.07, 6.45) is -1.24. The molecule has 1 aromatic heterocycles. The summed E-state index contributed by atoms with van der Waals surface area (Å²) in [5.74, 6) is -0.959. The minimum Gasteiger partial charge on any atom is -0.386 e. The average molecular weight is 329 g/mol. The van der Waals surface area contributed by atoms with Crippen LogP contribution >= 0.6 is 22.9 Å². The second-order valence-electron chi connectivity index (χ2n) is 4.61. The summed E-state index contributed by atoms with van der Waals surface area (Å²) in [5, 5.41) is 13.0. The van der Waals surface area contributed by atoms with Crippen molar-refractivity contribution in [3.05, 3.63) is 50.7 Å². The number of rotatable bonds is 4. The molecule has 0 bridgehead atoms. The molecule has 21 heavy (non-hydrogen) atoms. The fourth-order valence-electron chi connectivity index (χ4n) is 1.91. The number of carbonyl (C=O) groups is 1. The Labute approximate surface area is 130 Å². The van der Waals surface area contributed by atoms with Crippen LogP contribution in [0.4, 0.5) is 4.39 Å². The maximum atomic E-state index is 13.8. The number of nitrogens with zero attached hydrogens (tertiary/aromatic N) is 1. The number of aliphatic hydroxyl groups excluding tert-OH is 1. The fraction of sp³-hybridized carbons (Fsp3) is 0.286. The molecule has 112 valence electrons. The minimum atomic E-state index is -1.24. The van der Waals surface area contributed by atoms with E-state index in [0.29, 0.717) is 10.6 Å². The summed E-state index contributed by atoms with van der Waals surface area (Å²) in [7, 11) is 0. The number of aryl methyl sites for hydroxylation is 1. The van der Waals surface area contributed by atoms with Gasteiger partial charge in [-0.05, 0) is 26.0 Å². The Kier molecular flexibility index (Phi) is 4.92. The van der Waals surface area contributed by atoms with E-state index >= 15 is 0 Å². The highest BCUT2D eigenvalue weighted by molar-refractivity contribution is 7.11. The van der Waals surface area contributed by atoms with Crippen molar-refractivity contribution in [1.29, 1.82) is 0 Å². The lowest BCUT2D eigenvalue weighted by molar-refractivity contribution is 0.0849. The van der Waals surface area contributed by atoms with Gasteiger partial charge in [0, 0.05) is 10.6 Å². The Balaban J connectivity index is 2.15. The molecule has 0 saturated heterocycles. The summed E-state index contributed by atoms with van der Waals surface area (Å²) in [5.41, 5.74) is 2.16. The zero-order valence-electron chi connectivity index (χ0n) is 11.4. The van der Waals surface area contributed by atoms with Crippen molar-refractivity contribution in [3.63, 3.8) is 0 Å². The van der Waals surface area contributed by atoms with Crippen LogP contribution in [0, 0.1) is 12.7 Å². The Bertz CT molecular complexity index is 642. The maximum Gasteiger partial charge on any atom is 0.263 e. The Morgan fingerprint density at radius 1 is 1.52 bits per heavy atom. The van der Waals surface area contributed by atoms with Crippen molar-refractivity contribution < 1.29 is 14.3 Å². The van der Waals surface area contributed by atoms with Gasteiger partial charge in [-0.2, -0.15) is 0 Å². The summed E-state index contributed by atoms with van der Waals surface area (Å²) < 4.78 is 13.8. The van der Waals surface area contributed by atoms with Gasteiger partial charge in [-0.15, -0.1) is 11.3 Å². The molecule has 0 radical (unpaired) electrons. The number of carbonyl (C=O) groups excluding carboxylic acids is 1. The van der Waals surface area contributed by atoms with Gasteiger partial charge in [-0.25, -0.2) is 9.37 Å². The van der Waals surface area contributed by atoms with Crippen LogP contribution in [-0.2, 0) is 0 Å². The summed E-state index contributed by atoms with van der Waals surface area (Å²) in [6.45, 7) is 3.31. The highest BCUT2D eigenvalue weighted by Crippen LogP contribution is 2.28. The molecule has 2 aromatic rings. The predicted octanol–water partition coefficient (Wildman–Crippen LogP) is 3.10. The average Bonchev–Trinajstić information content (AvgIpc) is 2.84. The third-order valence-electron chi connectivity index (χ3n) is 3.08. The molecule has 0 aliphatic rings. The first kappa shape index (κ1) is 15.9. The molecule has 0 aliphatic heterocycles. The first-order chi connectivity index (χ1) is 9.91. The molecule has 2 rings (SSSR count). The quantitative estimate of drug-likeness (QED) is 0.906. The lowest BCUT2D eigenvalue weighted by atomic mass is 10.0. The number of aliphatic hydroxyl groups is 1. The molecule has 1 amide bonds. The first-order valence-electron chi connectivity index (χ1n) is 6.24. The van der Waals surface area contributed by atoms with E-state index in [2.05, 4.69) is 10.3 Å². The second kappa shape index (κ2) is 6.51. The largest absolute Gasteiger partial charge is 0.386 e. The predicted molar refractivity (Wildman–Crippen MR) is 80.1 cm³/mol. The van der Waals surface area contributed by atoms with Crippen molar-refractivity contribution in [2.45, 2.75) is 26.0 Å². The standard InChI is InChI=1S/C14H14ClFN2O2S/c1-7(18-14(20)13-8(2)17-6-21-13)12(19)11-9(15)4-3-5-10(11)16/h3-7,12,19H,1-2H3,(H,18,20)/t7-,12+/m1/s1. The normalized spacial score (nSPS) is 13.8. The number of nitrogens with one attached hydrogen (secondary N) is 1. The van der Waals surface area contributed by atoms with Gasteiger partial charge in [0.2, 0.25) is 0 Å². The lowest BCUT2D eigenvalue weighted by Gasteiger charge is -2.21. The van der Waals surface area contributed by atoms with E-state index < -0.39 is 18.0 Å². The highest BCUT2D eigenvalue weighted by atomic mass is 35.5. The summed E-state index contributed by atoms with van der Waals surface area (Å²) >= 11 is 7.12. The van der Waals surface area contributed by atoms with Crippen LogP contribution in [0.2, 0.25) is 5.02 Å². The molecule has 2 N–H and O–H groups in total. The second-order valence-corrected chi connectivity index (χ2v) is 5.87. The third kappa shape index (κ3) is 3.40. The molecular formula is C14H14ClFN2O2S. The SMILES string of the molecule is Cc1ncsc1C(=O)N[C@H](C)[C@H](O)c1c(F)cccc1Cl. The molecule has 0 unspecified atom stereocenters. The fourth-order valence-corrected chi connectivity index (χ4v) is 2.89. The molecule has 0 saturated carbocycles. The molecule has 1 aromatic carbocycles. The number of halogens is 2. The molecule has 4 nitrogen and oxygen atoms in total. The van der Waals surface area contributed by atoms with E-state index in [1.807, 2.05) is 0 Å². The van der Waals surface area contributed by atoms with E-state index in [4.69, 9.17) is 11.6 Å². The number of benzene rings is 1. The van der Waals surface area contributed by atoms with Gasteiger partial charge in [-0.1, -0.05) is 17.7 Å². The monoisotopic (exact) mass is 328 g/mol. The third-order valence-corrected chi connectivity index (χ3v) is 4.34. The molecular weight excluding hydrogens is 315 g/mol. The Morgan fingerprint density at radius 3 is 2.81 bits per heavy atom. The highest BCUT2D eigenvalue weighted by Gasteiger charge is 2.25. The van der Waals surface area contributed by atoms with Crippen molar-refractivity contribution in [1.82, 2.24) is 10.3 Å². The van der Waals surface area contributed by atoms with Crippen molar-refractivity contribution in [3.8, 4) is 0 Å². The van der Waals surface area contributed by atoms with Gasteiger partial charge < -0.3 is 10.4 Å². The van der Waals surface area contributed by atoms with Crippen LogP contribution < -0.4 is 5.32 Å². The molecule has 0 spiro atoms. The van der Waals surface area contributed by atoms with Crippen molar-refractivity contribution >= 4 is 28.8 Å². The molecule has 1 heterocycles. The van der Waals surface area contributed by atoms with Crippen molar-refractivity contribution in [2.75, 3.05) is 0 Å². The summed E-state index contributed by atoms with van der Waals surface area (Å²) in [4.78, 5) is 16.5.